The predicted octanol–water partition coefficient (Wildman–Crippen LogP) is 8.23. The Morgan fingerprint density at radius 1 is 0.967 bits per heavy atom. The first kappa shape index (κ1) is 50.4. The summed E-state index contributed by atoms with van der Waals surface area (Å²) in [5, 5.41) is 4.43. The van der Waals surface area contributed by atoms with E-state index in [1.54, 1.807) is 18.0 Å². The molecule has 3 amide bonds. The molecule has 2 atom stereocenters. The number of carbonyl (C=O) groups is 4. The highest BCUT2D eigenvalue weighted by Gasteiger charge is 2.51. The molecule has 16 heteroatoms. The highest BCUT2D eigenvalue weighted by molar-refractivity contribution is 7.99. The third-order valence-corrected chi connectivity index (χ3v) is 16.0. The molecule has 0 bridgehead atoms. The zero-order chi connectivity index (χ0) is 44.9. The lowest BCUT2D eigenvalue weighted by molar-refractivity contribution is -0.149. The average Bonchev–Trinajstić information content (AvgIpc) is 3.55. The molecule has 3 rings (SSSR count). The van der Waals surface area contributed by atoms with E-state index in [0.717, 1.165) is 29.4 Å². The number of nitrogens with one attached hydrogen (secondary N) is 2. The Morgan fingerprint density at radius 3 is 2.25 bits per heavy atom. The largest absolute Gasteiger partial charge is 0.464 e. The Labute approximate surface area is 361 Å². The van der Waals surface area contributed by atoms with Gasteiger partial charge in [-0.3, -0.25) is 9.59 Å². The molecule has 0 saturated carbocycles. The van der Waals surface area contributed by atoms with Gasteiger partial charge in [0, 0.05) is 69.4 Å². The molecule has 2 aromatic carbocycles. The minimum Gasteiger partial charge on any atom is -0.464 e. The van der Waals surface area contributed by atoms with E-state index in [2.05, 4.69) is 30.3 Å². The number of alkyl carbamates (subject to hydrolysis) is 1. The molecule has 0 aliphatic rings. The Morgan fingerprint density at radius 2 is 1.65 bits per heavy atom. The second-order valence-electron chi connectivity index (χ2n) is 18.4. The second-order valence-corrected chi connectivity index (χ2v) is 30.5. The summed E-state index contributed by atoms with van der Waals surface area (Å²) in [7, 11) is -3.80. The van der Waals surface area contributed by atoms with Crippen molar-refractivity contribution in [3.05, 3.63) is 83.7 Å². The molecule has 1 aromatic heterocycles. The van der Waals surface area contributed by atoms with Crippen LogP contribution in [0.25, 0.3) is 11.1 Å². The number of esters is 1. The number of hydrogen-bond acceptors (Lipinski definition) is 8. The number of amides is 3. The van der Waals surface area contributed by atoms with Gasteiger partial charge in [0.15, 0.2) is 0 Å². The van der Waals surface area contributed by atoms with Crippen molar-refractivity contribution in [1.29, 1.82) is 0 Å². The number of thioether (sulfide) groups is 1. The van der Waals surface area contributed by atoms with Gasteiger partial charge in [0.2, 0.25) is 11.8 Å². The minimum absolute atomic E-state index is 0.0325. The topological polar surface area (TPSA) is 145 Å². The van der Waals surface area contributed by atoms with Crippen LogP contribution >= 0.6 is 11.8 Å². The Bertz CT molecular complexity index is 1900. The maximum absolute atomic E-state index is 15.3. The standard InChI is InChI=1S/C44H67F2N5O6SSi2/c1-11-56-41(54)44(31-47,60(8,9)10)49-38(52)20-24-58-30-39(53)51(22-15-21-48-42(55)57-23-25-59(5,6)7)40(43(2,3)4)37-26-33(35-27-34(45)18-19-36(35)46)29-50(37)28-32-16-13-12-14-17-32/h12-14,16-19,26-27,29,40H,11,15,20-25,28,30-31,47H2,1-10H3,(H,48,55)(H,49,52)/t40-,44-/m0/s1. The van der Waals surface area contributed by atoms with Gasteiger partial charge in [0.05, 0.1) is 33.1 Å². The fraction of sp³-hybridized carbons (Fsp3) is 0.545. The Balaban J connectivity index is 1.95. The average molecular weight is 888 g/mol. The smallest absolute Gasteiger partial charge is 0.407 e. The molecule has 0 saturated heterocycles. The van der Waals surface area contributed by atoms with Crippen molar-refractivity contribution >= 4 is 51.8 Å². The normalized spacial score (nSPS) is 13.6. The lowest BCUT2D eigenvalue weighted by Gasteiger charge is -2.41. The molecule has 0 spiro atoms. The number of rotatable bonds is 22. The van der Waals surface area contributed by atoms with Crippen LogP contribution < -0.4 is 16.4 Å². The molecule has 11 nitrogen and oxygen atoms in total. The molecule has 0 radical (unpaired) electrons. The van der Waals surface area contributed by atoms with E-state index in [1.807, 2.05) is 81.4 Å². The van der Waals surface area contributed by atoms with Crippen LogP contribution in [0, 0.1) is 17.0 Å². The zero-order valence-corrected chi connectivity index (χ0v) is 40.0. The van der Waals surface area contributed by atoms with Gasteiger partial charge in [-0.15, -0.1) is 0 Å². The third-order valence-electron chi connectivity index (χ3n) is 10.3. The van der Waals surface area contributed by atoms with Gasteiger partial charge in [-0.1, -0.05) is 90.4 Å². The SMILES string of the molecule is CCOC(=O)[C@@](CN)(NC(=O)CCSCC(=O)N(CCCNC(=O)OCC[Si](C)(C)C)[C@@H](c1cc(-c2cc(F)ccc2F)cn1Cc1ccccc1)C(C)(C)C)[Si](C)(C)C. The highest BCUT2D eigenvalue weighted by atomic mass is 32.2. The van der Waals surface area contributed by atoms with E-state index in [1.165, 1.54) is 17.8 Å². The van der Waals surface area contributed by atoms with Gasteiger partial charge in [-0.25, -0.2) is 18.4 Å². The van der Waals surface area contributed by atoms with Crippen LogP contribution in [-0.2, 0) is 30.4 Å². The van der Waals surface area contributed by atoms with Crippen LogP contribution in [0.2, 0.25) is 45.3 Å². The number of carbonyl (C=O) groups excluding carboxylic acids is 4. The molecule has 0 fully saturated rings. The molecule has 0 unspecified atom stereocenters. The summed E-state index contributed by atoms with van der Waals surface area (Å²) < 4.78 is 42.6. The van der Waals surface area contributed by atoms with Crippen LogP contribution in [-0.4, -0.2) is 99.0 Å². The summed E-state index contributed by atoms with van der Waals surface area (Å²) in [6.07, 6.45) is 1.73. The minimum atomic E-state index is -2.41. The molecule has 60 heavy (non-hydrogen) atoms. The molecule has 1 heterocycles. The van der Waals surface area contributed by atoms with Crippen molar-refractivity contribution in [3.63, 3.8) is 0 Å². The first-order valence-corrected chi connectivity index (χ1v) is 29.0. The number of halogens is 2. The second kappa shape index (κ2) is 22.2. The van der Waals surface area contributed by atoms with Gasteiger partial charge in [-0.05, 0) is 54.6 Å². The lowest BCUT2D eigenvalue weighted by atomic mass is 9.83. The fourth-order valence-corrected chi connectivity index (χ4v) is 10.2. The van der Waals surface area contributed by atoms with Gasteiger partial charge >= 0.3 is 12.1 Å². The van der Waals surface area contributed by atoms with Crippen LogP contribution in [0.1, 0.15) is 57.8 Å². The van der Waals surface area contributed by atoms with Crippen molar-refractivity contribution in [2.45, 2.75) is 104 Å². The molecule has 3 aromatic rings. The van der Waals surface area contributed by atoms with E-state index >= 15 is 4.39 Å². The van der Waals surface area contributed by atoms with E-state index in [0.29, 0.717) is 30.9 Å². The van der Waals surface area contributed by atoms with Crippen molar-refractivity contribution in [2.24, 2.45) is 11.1 Å². The summed E-state index contributed by atoms with van der Waals surface area (Å²) in [5.41, 5.74) is 7.83. The van der Waals surface area contributed by atoms with Gasteiger partial charge in [-0.2, -0.15) is 11.8 Å². The van der Waals surface area contributed by atoms with E-state index < -0.39 is 56.5 Å². The number of aromatic nitrogens is 1. The first-order valence-electron chi connectivity index (χ1n) is 20.7. The maximum atomic E-state index is 15.3. The Kier molecular flexibility index (Phi) is 18.6. The van der Waals surface area contributed by atoms with E-state index in [-0.39, 0.29) is 55.8 Å². The molecule has 332 valence electrons. The molecule has 0 aliphatic carbocycles. The fourth-order valence-electron chi connectivity index (χ4n) is 6.90. The monoisotopic (exact) mass is 887 g/mol. The Hall–Kier alpha value is -4.00. The summed E-state index contributed by atoms with van der Waals surface area (Å²) in [5.74, 6) is -1.92. The van der Waals surface area contributed by atoms with Crippen LogP contribution in [0.4, 0.5) is 13.6 Å². The molecular formula is C44H67F2N5O6SSi2. The van der Waals surface area contributed by atoms with Crippen molar-refractivity contribution < 1.29 is 37.4 Å². The van der Waals surface area contributed by atoms with E-state index in [9.17, 15) is 23.6 Å². The van der Waals surface area contributed by atoms with Gasteiger partial charge in [0.25, 0.3) is 0 Å². The van der Waals surface area contributed by atoms with Crippen molar-refractivity contribution in [1.82, 2.24) is 20.1 Å². The highest BCUT2D eigenvalue weighted by Crippen LogP contribution is 2.41. The molecule has 4 N–H and O–H groups in total. The summed E-state index contributed by atoms with van der Waals surface area (Å²) in [4.78, 5) is 55.3. The van der Waals surface area contributed by atoms with Crippen LogP contribution in [0.3, 0.4) is 0 Å². The van der Waals surface area contributed by atoms with Gasteiger partial charge < -0.3 is 35.3 Å². The summed E-state index contributed by atoms with van der Waals surface area (Å²) >= 11 is 1.30. The number of nitrogens with two attached hydrogens (primary N) is 1. The number of ether oxygens (including phenoxy) is 2. The number of benzene rings is 2. The van der Waals surface area contributed by atoms with E-state index in [4.69, 9.17) is 15.2 Å². The van der Waals surface area contributed by atoms with Gasteiger partial charge in [0.1, 0.15) is 16.8 Å². The maximum Gasteiger partial charge on any atom is 0.407 e. The van der Waals surface area contributed by atoms with Crippen LogP contribution in [0.5, 0.6) is 0 Å². The third kappa shape index (κ3) is 14.6. The number of hydrogen-bond donors (Lipinski definition) is 3. The molecule has 0 aliphatic heterocycles. The van der Waals surface area contributed by atoms with Crippen molar-refractivity contribution in [2.75, 3.05) is 44.4 Å². The van der Waals surface area contributed by atoms with Crippen LogP contribution in [0.15, 0.2) is 60.8 Å². The van der Waals surface area contributed by atoms with Crippen molar-refractivity contribution in [3.8, 4) is 11.1 Å². The first-order chi connectivity index (χ1) is 28.0. The summed E-state index contributed by atoms with van der Waals surface area (Å²) in [6, 6.07) is 15.2. The lowest BCUT2D eigenvalue weighted by Crippen LogP contribution is -2.72. The zero-order valence-electron chi connectivity index (χ0n) is 37.2. The summed E-state index contributed by atoms with van der Waals surface area (Å²) in [6.45, 7) is 21.6. The number of nitrogens with zero attached hydrogens (tertiary/aromatic N) is 2. The quantitative estimate of drug-likeness (QED) is 0.0520. The predicted molar refractivity (Wildman–Crippen MR) is 243 cm³/mol. The molecular weight excluding hydrogens is 821 g/mol.